The van der Waals surface area contributed by atoms with Crippen molar-refractivity contribution >= 4 is 5.91 Å². The minimum absolute atomic E-state index is 0.129. The average Bonchev–Trinajstić information content (AvgIpc) is 3.46. The number of nitrogens with zero attached hydrogens (tertiary/aromatic N) is 3. The first-order valence-corrected chi connectivity index (χ1v) is 10.5. The minimum atomic E-state index is -2.90. The monoisotopic (exact) mass is 465 g/mol. The van der Waals surface area contributed by atoms with Crippen LogP contribution in [0.25, 0.3) is 11.5 Å². The van der Waals surface area contributed by atoms with E-state index >= 15 is 0 Å². The van der Waals surface area contributed by atoms with Crippen molar-refractivity contribution in [1.82, 2.24) is 15.1 Å². The zero-order chi connectivity index (χ0) is 23.8. The second kappa shape index (κ2) is 8.75. The van der Waals surface area contributed by atoms with Crippen LogP contribution in [0.3, 0.4) is 0 Å². The molecular weight excluding hydrogens is 447 g/mol. The van der Waals surface area contributed by atoms with Gasteiger partial charge in [0.2, 0.25) is 5.89 Å². The van der Waals surface area contributed by atoms with Crippen LogP contribution in [0, 0.1) is 5.82 Å². The summed E-state index contributed by atoms with van der Waals surface area (Å²) in [6.07, 6.45) is -4.02. The third-order valence-electron chi connectivity index (χ3n) is 5.78. The van der Waals surface area contributed by atoms with Crippen LogP contribution in [0.4, 0.5) is 13.2 Å². The molecule has 0 fully saturated rings. The van der Waals surface area contributed by atoms with Gasteiger partial charge in [-0.2, -0.15) is 8.78 Å². The summed E-state index contributed by atoms with van der Waals surface area (Å²) in [6, 6.07) is 18.5. The fourth-order valence-electron chi connectivity index (χ4n) is 4.18. The van der Waals surface area contributed by atoms with Gasteiger partial charge in [-0.25, -0.2) is 4.39 Å². The van der Waals surface area contributed by atoms with Gasteiger partial charge >= 0.3 is 6.43 Å². The van der Waals surface area contributed by atoms with E-state index in [1.807, 2.05) is 6.07 Å². The third-order valence-corrected chi connectivity index (χ3v) is 5.78. The minimum Gasteiger partial charge on any atom is -0.415 e. The molecule has 3 aromatic carbocycles. The molecule has 0 radical (unpaired) electrons. The standard InChI is InChI=1S/C25H18F3N3O3/c26-18-8-4-7-15(11-18)20(21(32)14-5-2-1-3-6-14)31-13-17-10-9-16(12-19(17)25(31)33)23-29-30-24(34-23)22(27)28/h1-12,20-22,32H,13H2. The first-order valence-electron chi connectivity index (χ1n) is 10.5. The number of aromatic nitrogens is 2. The summed E-state index contributed by atoms with van der Waals surface area (Å²) in [5, 5.41) is 18.2. The molecule has 9 heteroatoms. The Morgan fingerprint density at radius 3 is 2.41 bits per heavy atom. The molecular formula is C25H18F3N3O3. The Bertz CT molecular complexity index is 1340. The van der Waals surface area contributed by atoms with Gasteiger partial charge in [-0.05, 0) is 41.0 Å². The van der Waals surface area contributed by atoms with E-state index in [9.17, 15) is 23.1 Å². The summed E-state index contributed by atoms with van der Waals surface area (Å²) in [4.78, 5) is 14.9. The van der Waals surface area contributed by atoms with Crippen LogP contribution < -0.4 is 0 Å². The number of alkyl halides is 2. The van der Waals surface area contributed by atoms with E-state index in [-0.39, 0.29) is 12.4 Å². The number of benzene rings is 3. The van der Waals surface area contributed by atoms with Crippen molar-refractivity contribution in [2.45, 2.75) is 25.1 Å². The highest BCUT2D eigenvalue weighted by Crippen LogP contribution is 2.40. The van der Waals surface area contributed by atoms with E-state index in [1.54, 1.807) is 42.5 Å². The number of hydrogen-bond acceptors (Lipinski definition) is 5. The highest BCUT2D eigenvalue weighted by Gasteiger charge is 2.38. The van der Waals surface area contributed by atoms with Gasteiger partial charge < -0.3 is 14.4 Å². The Morgan fingerprint density at radius 2 is 1.71 bits per heavy atom. The molecule has 2 unspecified atom stereocenters. The predicted molar refractivity (Wildman–Crippen MR) is 115 cm³/mol. The van der Waals surface area contributed by atoms with Crippen molar-refractivity contribution in [3.05, 3.63) is 107 Å². The smallest absolute Gasteiger partial charge is 0.314 e. The first-order chi connectivity index (χ1) is 16.4. The molecule has 0 saturated heterocycles. The van der Waals surface area contributed by atoms with E-state index in [0.717, 1.165) is 0 Å². The molecule has 1 aliphatic rings. The van der Waals surface area contributed by atoms with Crippen LogP contribution in [0.15, 0.2) is 77.2 Å². The number of amides is 1. The van der Waals surface area contributed by atoms with Crippen LogP contribution in [0.2, 0.25) is 0 Å². The van der Waals surface area contributed by atoms with E-state index in [2.05, 4.69) is 10.2 Å². The summed E-state index contributed by atoms with van der Waals surface area (Å²) in [5.74, 6) is -1.81. The lowest BCUT2D eigenvalue weighted by molar-refractivity contribution is 0.0359. The van der Waals surface area contributed by atoms with E-state index < -0.39 is 36.2 Å². The fraction of sp³-hybridized carbons (Fsp3) is 0.160. The van der Waals surface area contributed by atoms with Crippen molar-refractivity contribution in [2.24, 2.45) is 0 Å². The molecule has 6 nitrogen and oxygen atoms in total. The van der Waals surface area contributed by atoms with Crippen molar-refractivity contribution in [3.8, 4) is 11.5 Å². The van der Waals surface area contributed by atoms with Gasteiger partial charge in [-0.1, -0.05) is 48.5 Å². The lowest BCUT2D eigenvalue weighted by Gasteiger charge is -2.32. The van der Waals surface area contributed by atoms with E-state index in [0.29, 0.717) is 27.8 Å². The number of carbonyl (C=O) groups excluding carboxylic acids is 1. The van der Waals surface area contributed by atoms with Crippen molar-refractivity contribution in [3.63, 3.8) is 0 Å². The van der Waals surface area contributed by atoms with Crippen molar-refractivity contribution in [1.29, 1.82) is 0 Å². The van der Waals surface area contributed by atoms with E-state index in [4.69, 9.17) is 4.42 Å². The molecule has 4 aromatic rings. The fourth-order valence-corrected chi connectivity index (χ4v) is 4.18. The number of rotatable bonds is 6. The van der Waals surface area contributed by atoms with Gasteiger partial charge in [0.1, 0.15) is 11.9 Å². The van der Waals surface area contributed by atoms with Gasteiger partial charge in [0.05, 0.1) is 6.04 Å². The molecule has 1 aliphatic heterocycles. The number of fused-ring (bicyclic) bond motifs is 1. The lowest BCUT2D eigenvalue weighted by Crippen LogP contribution is -2.33. The zero-order valence-corrected chi connectivity index (χ0v) is 17.6. The molecule has 1 amide bonds. The summed E-state index contributed by atoms with van der Waals surface area (Å²) >= 11 is 0. The number of halogens is 3. The Balaban J connectivity index is 1.52. The molecule has 172 valence electrons. The van der Waals surface area contributed by atoms with Crippen LogP contribution >= 0.6 is 0 Å². The SMILES string of the molecule is O=C1c2cc(-c3nnc(C(F)F)o3)ccc2CN1C(c1cccc(F)c1)C(O)c1ccccc1. The summed E-state index contributed by atoms with van der Waals surface area (Å²) < 4.78 is 44.7. The summed E-state index contributed by atoms with van der Waals surface area (Å²) in [5.41, 5.74) is 2.32. The van der Waals surface area contributed by atoms with Crippen LogP contribution in [-0.2, 0) is 6.54 Å². The molecule has 5 rings (SSSR count). The Hall–Kier alpha value is -3.98. The average molecular weight is 465 g/mol. The number of aliphatic hydroxyl groups excluding tert-OH is 1. The van der Waals surface area contributed by atoms with E-state index in [1.165, 1.54) is 29.2 Å². The van der Waals surface area contributed by atoms with Crippen molar-refractivity contribution in [2.75, 3.05) is 0 Å². The Labute approximate surface area is 192 Å². The number of aliphatic hydroxyl groups is 1. The van der Waals surface area contributed by atoms with Gasteiger partial charge in [0.15, 0.2) is 0 Å². The number of hydrogen-bond donors (Lipinski definition) is 1. The van der Waals surface area contributed by atoms with Gasteiger partial charge in [0, 0.05) is 17.7 Å². The predicted octanol–water partition coefficient (Wildman–Crippen LogP) is 5.24. The molecule has 0 spiro atoms. The molecule has 0 bridgehead atoms. The summed E-state index contributed by atoms with van der Waals surface area (Å²) in [6.45, 7) is 0.172. The first kappa shape index (κ1) is 21.8. The van der Waals surface area contributed by atoms with Gasteiger partial charge in [0.25, 0.3) is 11.8 Å². The maximum Gasteiger partial charge on any atom is 0.314 e. The zero-order valence-electron chi connectivity index (χ0n) is 17.6. The lowest BCUT2D eigenvalue weighted by atomic mass is 9.94. The quantitative estimate of drug-likeness (QED) is 0.421. The molecule has 2 heterocycles. The van der Waals surface area contributed by atoms with Gasteiger partial charge in [-0.15, -0.1) is 10.2 Å². The highest BCUT2D eigenvalue weighted by atomic mass is 19.3. The van der Waals surface area contributed by atoms with Crippen LogP contribution in [0.1, 0.15) is 51.5 Å². The second-order valence-electron chi connectivity index (χ2n) is 7.91. The highest BCUT2D eigenvalue weighted by molar-refractivity contribution is 5.99. The van der Waals surface area contributed by atoms with Crippen LogP contribution in [-0.4, -0.2) is 26.1 Å². The molecule has 1 N–H and O–H groups in total. The van der Waals surface area contributed by atoms with Crippen LogP contribution in [0.5, 0.6) is 0 Å². The number of carbonyl (C=O) groups is 1. The topological polar surface area (TPSA) is 79.5 Å². The largest absolute Gasteiger partial charge is 0.415 e. The van der Waals surface area contributed by atoms with Gasteiger partial charge in [-0.3, -0.25) is 4.79 Å². The summed E-state index contributed by atoms with van der Waals surface area (Å²) in [7, 11) is 0. The maximum absolute atomic E-state index is 14.1. The Kier molecular flexibility index (Phi) is 5.62. The molecule has 1 aromatic heterocycles. The van der Waals surface area contributed by atoms with Crippen molar-refractivity contribution < 1.29 is 27.5 Å². The normalized spacial score (nSPS) is 15.0. The molecule has 34 heavy (non-hydrogen) atoms. The third kappa shape index (κ3) is 3.94. The molecule has 2 atom stereocenters. The second-order valence-corrected chi connectivity index (χ2v) is 7.91. The molecule has 0 aliphatic carbocycles. The molecule has 0 saturated carbocycles. The Morgan fingerprint density at radius 1 is 0.941 bits per heavy atom. The maximum atomic E-state index is 14.1.